The molecule has 9 heteroatoms. The summed E-state index contributed by atoms with van der Waals surface area (Å²) < 4.78 is 26.2. The summed E-state index contributed by atoms with van der Waals surface area (Å²) in [5, 5.41) is 3.61. The summed E-state index contributed by atoms with van der Waals surface area (Å²) >= 11 is 6.00. The normalized spacial score (nSPS) is 15.1. The Bertz CT molecular complexity index is 1100. The van der Waals surface area contributed by atoms with E-state index >= 15 is 0 Å². The van der Waals surface area contributed by atoms with Crippen molar-refractivity contribution in [2.75, 3.05) is 17.1 Å². The van der Waals surface area contributed by atoms with E-state index in [2.05, 4.69) is 5.32 Å². The fraction of sp³-hybridized carbons (Fsp3) is 0.440. The second-order valence-electron chi connectivity index (χ2n) is 8.92. The lowest BCUT2D eigenvalue weighted by molar-refractivity contribution is -0.139. The SMILES string of the molecule is Cc1ccc(N(CC(=O)N(Cc2ccc(Cl)cc2)[C@H](C)C(=O)NC2CCCC2)S(C)(=O)=O)cc1. The van der Waals surface area contributed by atoms with Crippen molar-refractivity contribution < 1.29 is 18.0 Å². The highest BCUT2D eigenvalue weighted by molar-refractivity contribution is 7.92. The van der Waals surface area contributed by atoms with Crippen LogP contribution in [0.15, 0.2) is 48.5 Å². The zero-order valence-corrected chi connectivity index (χ0v) is 21.4. The summed E-state index contributed by atoms with van der Waals surface area (Å²) in [5.41, 5.74) is 2.17. The van der Waals surface area contributed by atoms with E-state index in [-0.39, 0.29) is 18.5 Å². The molecular formula is C25H32ClN3O4S. The van der Waals surface area contributed by atoms with Gasteiger partial charge in [0.1, 0.15) is 12.6 Å². The molecule has 0 aliphatic heterocycles. The van der Waals surface area contributed by atoms with Crippen LogP contribution < -0.4 is 9.62 Å². The maximum atomic E-state index is 13.5. The highest BCUT2D eigenvalue weighted by atomic mass is 35.5. The predicted molar refractivity (Wildman–Crippen MR) is 135 cm³/mol. The topological polar surface area (TPSA) is 86.8 Å². The van der Waals surface area contributed by atoms with Crippen LogP contribution in [0.1, 0.15) is 43.7 Å². The summed E-state index contributed by atoms with van der Waals surface area (Å²) in [6, 6.07) is 13.3. The number of carbonyl (C=O) groups is 2. The van der Waals surface area contributed by atoms with Gasteiger partial charge in [-0.1, -0.05) is 54.3 Å². The molecule has 34 heavy (non-hydrogen) atoms. The Morgan fingerprint density at radius 2 is 1.65 bits per heavy atom. The summed E-state index contributed by atoms with van der Waals surface area (Å²) in [5.74, 6) is -0.703. The van der Waals surface area contributed by atoms with E-state index < -0.39 is 28.5 Å². The van der Waals surface area contributed by atoms with E-state index in [0.29, 0.717) is 10.7 Å². The largest absolute Gasteiger partial charge is 0.352 e. The fourth-order valence-electron chi connectivity index (χ4n) is 4.09. The second-order valence-corrected chi connectivity index (χ2v) is 11.3. The first-order valence-electron chi connectivity index (χ1n) is 11.4. The van der Waals surface area contributed by atoms with Crippen molar-refractivity contribution in [2.45, 2.75) is 58.2 Å². The molecule has 184 valence electrons. The Morgan fingerprint density at radius 3 is 2.21 bits per heavy atom. The van der Waals surface area contributed by atoms with Gasteiger partial charge < -0.3 is 10.2 Å². The average Bonchev–Trinajstić information content (AvgIpc) is 3.29. The van der Waals surface area contributed by atoms with Crippen LogP contribution in [-0.2, 0) is 26.2 Å². The zero-order valence-electron chi connectivity index (χ0n) is 19.8. The van der Waals surface area contributed by atoms with Crippen LogP contribution in [0.4, 0.5) is 5.69 Å². The van der Waals surface area contributed by atoms with Crippen molar-refractivity contribution >= 4 is 39.1 Å². The lowest BCUT2D eigenvalue weighted by atomic mass is 10.1. The summed E-state index contributed by atoms with van der Waals surface area (Å²) in [6.45, 7) is 3.32. The van der Waals surface area contributed by atoms with Crippen LogP contribution in [0.25, 0.3) is 0 Å². The maximum Gasteiger partial charge on any atom is 0.244 e. The van der Waals surface area contributed by atoms with Crippen LogP contribution >= 0.6 is 11.6 Å². The van der Waals surface area contributed by atoms with Gasteiger partial charge in [-0.3, -0.25) is 13.9 Å². The molecule has 1 aliphatic carbocycles. The van der Waals surface area contributed by atoms with Gasteiger partial charge in [0, 0.05) is 17.6 Å². The molecule has 1 saturated carbocycles. The number of anilines is 1. The van der Waals surface area contributed by atoms with Gasteiger partial charge in [-0.05, 0) is 56.5 Å². The smallest absolute Gasteiger partial charge is 0.244 e. The lowest BCUT2D eigenvalue weighted by Crippen LogP contribution is -2.52. The van der Waals surface area contributed by atoms with Crippen molar-refractivity contribution in [2.24, 2.45) is 0 Å². The van der Waals surface area contributed by atoms with Crippen molar-refractivity contribution in [1.29, 1.82) is 0 Å². The fourth-order valence-corrected chi connectivity index (χ4v) is 5.06. The minimum absolute atomic E-state index is 0.113. The molecule has 7 nitrogen and oxygen atoms in total. The van der Waals surface area contributed by atoms with Gasteiger partial charge in [-0.2, -0.15) is 0 Å². The van der Waals surface area contributed by atoms with Crippen molar-refractivity contribution in [3.05, 3.63) is 64.7 Å². The number of rotatable bonds is 9. The van der Waals surface area contributed by atoms with Crippen LogP contribution in [0, 0.1) is 6.92 Å². The van der Waals surface area contributed by atoms with Gasteiger partial charge >= 0.3 is 0 Å². The Balaban J connectivity index is 1.86. The Labute approximate surface area is 207 Å². The lowest BCUT2D eigenvalue weighted by Gasteiger charge is -2.32. The molecule has 0 unspecified atom stereocenters. The minimum atomic E-state index is -3.73. The third-order valence-electron chi connectivity index (χ3n) is 6.14. The summed E-state index contributed by atoms with van der Waals surface area (Å²) in [4.78, 5) is 28.0. The monoisotopic (exact) mass is 505 g/mol. The van der Waals surface area contributed by atoms with E-state index in [4.69, 9.17) is 11.6 Å². The number of nitrogens with one attached hydrogen (secondary N) is 1. The van der Waals surface area contributed by atoms with E-state index in [9.17, 15) is 18.0 Å². The van der Waals surface area contributed by atoms with Crippen molar-refractivity contribution in [3.8, 4) is 0 Å². The molecule has 0 aromatic heterocycles. The van der Waals surface area contributed by atoms with Gasteiger partial charge in [0.15, 0.2) is 0 Å². The molecule has 2 amide bonds. The van der Waals surface area contributed by atoms with Gasteiger partial charge in [-0.15, -0.1) is 0 Å². The first-order chi connectivity index (χ1) is 16.0. The first kappa shape index (κ1) is 26.0. The molecule has 0 heterocycles. The molecule has 0 radical (unpaired) electrons. The maximum absolute atomic E-state index is 13.5. The third kappa shape index (κ3) is 6.96. The number of benzene rings is 2. The van der Waals surface area contributed by atoms with E-state index in [0.717, 1.165) is 47.4 Å². The van der Waals surface area contributed by atoms with Crippen LogP contribution in [-0.4, -0.2) is 50.0 Å². The second kappa shape index (κ2) is 11.2. The van der Waals surface area contributed by atoms with Crippen LogP contribution in [0.5, 0.6) is 0 Å². The molecule has 2 aromatic rings. The predicted octanol–water partition coefficient (Wildman–Crippen LogP) is 3.89. The molecular weight excluding hydrogens is 474 g/mol. The molecule has 2 aromatic carbocycles. The molecule has 3 rings (SSSR count). The molecule has 0 spiro atoms. The summed E-state index contributed by atoms with van der Waals surface area (Å²) in [7, 11) is -3.73. The van der Waals surface area contributed by atoms with Gasteiger partial charge in [-0.25, -0.2) is 8.42 Å². The first-order valence-corrected chi connectivity index (χ1v) is 13.7. The standard InChI is InChI=1S/C25H32ClN3O4S/c1-18-8-14-23(15-9-18)29(34(3,32)33)17-24(30)28(16-20-10-12-21(26)13-11-20)19(2)25(31)27-22-6-4-5-7-22/h8-15,19,22H,4-7,16-17H2,1-3H3,(H,27,31)/t19-/m1/s1. The minimum Gasteiger partial charge on any atom is -0.352 e. The quantitative estimate of drug-likeness (QED) is 0.560. The number of nitrogens with zero attached hydrogens (tertiary/aromatic N) is 2. The number of amides is 2. The zero-order chi connectivity index (χ0) is 24.9. The van der Waals surface area contributed by atoms with Gasteiger partial charge in [0.2, 0.25) is 21.8 Å². The third-order valence-corrected chi connectivity index (χ3v) is 7.53. The van der Waals surface area contributed by atoms with E-state index in [1.54, 1.807) is 55.5 Å². The average molecular weight is 506 g/mol. The highest BCUT2D eigenvalue weighted by Crippen LogP contribution is 2.21. The molecule has 1 atom stereocenters. The molecule has 1 aliphatic rings. The molecule has 0 bridgehead atoms. The Hall–Kier alpha value is -2.58. The summed E-state index contributed by atoms with van der Waals surface area (Å²) in [6.07, 6.45) is 5.08. The number of aryl methyl sites for hydroxylation is 1. The van der Waals surface area contributed by atoms with Crippen LogP contribution in [0.3, 0.4) is 0 Å². The Kier molecular flexibility index (Phi) is 8.60. The molecule has 1 fully saturated rings. The number of sulfonamides is 1. The van der Waals surface area contributed by atoms with Crippen LogP contribution in [0.2, 0.25) is 5.02 Å². The van der Waals surface area contributed by atoms with Crippen molar-refractivity contribution in [3.63, 3.8) is 0 Å². The highest BCUT2D eigenvalue weighted by Gasteiger charge is 2.31. The number of hydrogen-bond donors (Lipinski definition) is 1. The van der Waals surface area contributed by atoms with Crippen molar-refractivity contribution in [1.82, 2.24) is 10.2 Å². The molecule has 0 saturated heterocycles. The number of carbonyl (C=O) groups excluding carboxylic acids is 2. The molecule has 1 N–H and O–H groups in total. The van der Waals surface area contributed by atoms with Gasteiger partial charge in [0.25, 0.3) is 0 Å². The number of halogens is 1. The number of hydrogen-bond acceptors (Lipinski definition) is 4. The van der Waals surface area contributed by atoms with Gasteiger partial charge in [0.05, 0.1) is 11.9 Å². The van der Waals surface area contributed by atoms with E-state index in [1.807, 2.05) is 6.92 Å². The van der Waals surface area contributed by atoms with E-state index in [1.165, 1.54) is 4.90 Å². The Morgan fingerprint density at radius 1 is 1.06 bits per heavy atom.